The molecule has 3 aromatic rings. The second-order valence-corrected chi connectivity index (χ2v) is 6.77. The molecule has 4 rings (SSSR count). The summed E-state index contributed by atoms with van der Waals surface area (Å²) >= 11 is 0. The molecule has 0 amide bonds. The van der Waals surface area contributed by atoms with Crippen molar-refractivity contribution in [1.82, 2.24) is 9.55 Å². The first-order valence-corrected chi connectivity index (χ1v) is 8.75. The Morgan fingerprint density at radius 3 is 2.64 bits per heavy atom. The molecular formula is C21H17F3N2O2. The Bertz CT molecular complexity index is 1180. The van der Waals surface area contributed by atoms with Crippen molar-refractivity contribution in [2.24, 2.45) is 0 Å². The molecule has 4 nitrogen and oxygen atoms in total. The molecule has 0 saturated carbocycles. The fourth-order valence-electron chi connectivity index (χ4n) is 3.52. The van der Waals surface area contributed by atoms with Crippen molar-refractivity contribution < 1.29 is 17.9 Å². The lowest BCUT2D eigenvalue weighted by Gasteiger charge is -2.09. The number of fused-ring (bicyclic) bond motifs is 2. The van der Waals surface area contributed by atoms with E-state index in [4.69, 9.17) is 4.74 Å². The number of hydrogen-bond donors (Lipinski definition) is 0. The van der Waals surface area contributed by atoms with Crippen molar-refractivity contribution in [3.63, 3.8) is 0 Å². The Hall–Kier alpha value is -3.09. The third kappa shape index (κ3) is 3.06. The first-order chi connectivity index (χ1) is 13.3. The highest BCUT2D eigenvalue weighted by molar-refractivity contribution is 5.85. The smallest absolute Gasteiger partial charge is 0.416 e. The van der Waals surface area contributed by atoms with Crippen molar-refractivity contribution in [3.05, 3.63) is 69.3 Å². The molecule has 2 aromatic carbocycles. The van der Waals surface area contributed by atoms with Gasteiger partial charge in [-0.3, -0.25) is 9.36 Å². The Balaban J connectivity index is 1.84. The maximum Gasteiger partial charge on any atom is 0.416 e. The molecule has 7 heteroatoms. The maximum absolute atomic E-state index is 13.0. The van der Waals surface area contributed by atoms with E-state index in [1.54, 1.807) is 7.11 Å². The molecule has 0 bridgehead atoms. The molecule has 1 aromatic heterocycles. The maximum atomic E-state index is 13.0. The van der Waals surface area contributed by atoms with Crippen molar-refractivity contribution in [3.8, 4) is 5.75 Å². The molecular weight excluding hydrogens is 369 g/mol. The number of hydrogen-bond acceptors (Lipinski definition) is 3. The average molecular weight is 386 g/mol. The minimum Gasteiger partial charge on any atom is -0.496 e. The van der Waals surface area contributed by atoms with Crippen LogP contribution in [0.25, 0.3) is 22.6 Å². The van der Waals surface area contributed by atoms with Crippen LogP contribution in [0.5, 0.6) is 5.75 Å². The van der Waals surface area contributed by atoms with E-state index in [-0.39, 0.29) is 16.5 Å². The van der Waals surface area contributed by atoms with E-state index in [2.05, 4.69) is 4.98 Å². The largest absolute Gasteiger partial charge is 0.496 e. The van der Waals surface area contributed by atoms with Gasteiger partial charge in [0.2, 0.25) is 0 Å². The first-order valence-electron chi connectivity index (χ1n) is 8.75. The van der Waals surface area contributed by atoms with Gasteiger partial charge in [0.1, 0.15) is 11.6 Å². The normalized spacial score (nSPS) is 15.2. The lowest BCUT2D eigenvalue weighted by Crippen LogP contribution is -2.21. The van der Waals surface area contributed by atoms with Gasteiger partial charge in [0.25, 0.3) is 5.56 Å². The monoisotopic (exact) mass is 386 g/mol. The molecule has 0 saturated heterocycles. The minimum atomic E-state index is -4.48. The van der Waals surface area contributed by atoms with Crippen LogP contribution in [0.1, 0.15) is 28.9 Å². The number of halogens is 3. The van der Waals surface area contributed by atoms with E-state index in [1.165, 1.54) is 10.6 Å². The van der Waals surface area contributed by atoms with E-state index < -0.39 is 11.7 Å². The molecule has 144 valence electrons. The average Bonchev–Trinajstić information content (AvgIpc) is 3.04. The molecule has 1 aliphatic rings. The number of ether oxygens (including phenoxy) is 1. The van der Waals surface area contributed by atoms with Crippen LogP contribution >= 0.6 is 0 Å². The standard InChI is InChI=1S/C21H17F3N2O2/c1-12-9-13(3-6-18(12)28-2)10-14-7-8-26-19(14)25-17-11-15(21(22,23)24)4-5-16(17)20(26)27/h3-6,9-11H,7-8H2,1-2H3/b14-10+. The van der Waals surface area contributed by atoms with Crippen molar-refractivity contribution >= 4 is 22.6 Å². The van der Waals surface area contributed by atoms with E-state index in [9.17, 15) is 18.0 Å². The summed E-state index contributed by atoms with van der Waals surface area (Å²) < 4.78 is 45.8. The van der Waals surface area contributed by atoms with Gasteiger partial charge in [0.05, 0.1) is 23.6 Å². The van der Waals surface area contributed by atoms with E-state index in [0.29, 0.717) is 18.8 Å². The Morgan fingerprint density at radius 1 is 1.18 bits per heavy atom. The van der Waals surface area contributed by atoms with Crippen LogP contribution in [-0.4, -0.2) is 16.7 Å². The molecule has 0 atom stereocenters. The SMILES string of the molecule is COc1ccc(/C=C2\CCn3c2nc2cc(C(F)(F)F)ccc2c3=O)cc1C. The van der Waals surface area contributed by atoms with Gasteiger partial charge in [-0.1, -0.05) is 6.07 Å². The van der Waals surface area contributed by atoms with Gasteiger partial charge in [0.15, 0.2) is 0 Å². The fraction of sp³-hybridized carbons (Fsp3) is 0.238. The predicted octanol–water partition coefficient (Wildman–Crippen LogP) is 4.68. The number of aryl methyl sites for hydroxylation is 1. The highest BCUT2D eigenvalue weighted by Crippen LogP contribution is 2.32. The number of benzene rings is 2. The predicted molar refractivity (Wildman–Crippen MR) is 101 cm³/mol. The van der Waals surface area contributed by atoms with Crippen LogP contribution < -0.4 is 10.3 Å². The third-order valence-electron chi connectivity index (χ3n) is 4.93. The summed E-state index contributed by atoms with van der Waals surface area (Å²) in [5.74, 6) is 1.19. The second kappa shape index (κ2) is 6.51. The van der Waals surface area contributed by atoms with Crippen molar-refractivity contribution in [1.29, 1.82) is 0 Å². The summed E-state index contributed by atoms with van der Waals surface area (Å²) in [6.45, 7) is 2.39. The fourth-order valence-corrected chi connectivity index (χ4v) is 3.52. The number of aromatic nitrogens is 2. The summed E-state index contributed by atoms with van der Waals surface area (Å²) in [6, 6.07) is 8.76. The van der Waals surface area contributed by atoms with Crippen molar-refractivity contribution in [2.75, 3.05) is 7.11 Å². The van der Waals surface area contributed by atoms with Crippen LogP contribution in [-0.2, 0) is 12.7 Å². The molecule has 0 aliphatic carbocycles. The van der Waals surface area contributed by atoms with E-state index >= 15 is 0 Å². The lowest BCUT2D eigenvalue weighted by molar-refractivity contribution is -0.137. The third-order valence-corrected chi connectivity index (χ3v) is 4.93. The molecule has 0 fully saturated rings. The van der Waals surface area contributed by atoms with Gasteiger partial charge in [-0.15, -0.1) is 0 Å². The van der Waals surface area contributed by atoms with E-state index in [1.807, 2.05) is 31.2 Å². The van der Waals surface area contributed by atoms with Crippen LogP contribution in [0.4, 0.5) is 13.2 Å². The lowest BCUT2D eigenvalue weighted by atomic mass is 10.1. The van der Waals surface area contributed by atoms with Gasteiger partial charge in [-0.25, -0.2) is 4.98 Å². The molecule has 28 heavy (non-hydrogen) atoms. The summed E-state index contributed by atoms with van der Waals surface area (Å²) in [5, 5.41) is 0.193. The number of allylic oxidation sites excluding steroid dienone is 1. The zero-order valence-corrected chi connectivity index (χ0v) is 15.3. The van der Waals surface area contributed by atoms with E-state index in [0.717, 1.165) is 34.6 Å². The number of nitrogens with zero attached hydrogens (tertiary/aromatic N) is 2. The molecule has 0 radical (unpaired) electrons. The molecule has 0 spiro atoms. The van der Waals surface area contributed by atoms with Crippen LogP contribution in [0.2, 0.25) is 0 Å². The van der Waals surface area contributed by atoms with Crippen molar-refractivity contribution in [2.45, 2.75) is 26.1 Å². The summed E-state index contributed by atoms with van der Waals surface area (Å²) in [4.78, 5) is 17.1. The summed E-state index contributed by atoms with van der Waals surface area (Å²) in [7, 11) is 1.60. The first kappa shape index (κ1) is 18.3. The van der Waals surface area contributed by atoms with Gasteiger partial charge in [-0.2, -0.15) is 13.2 Å². The molecule has 0 unspecified atom stereocenters. The highest BCUT2D eigenvalue weighted by atomic mass is 19.4. The molecule has 0 N–H and O–H groups in total. The minimum absolute atomic E-state index is 0.0600. The highest BCUT2D eigenvalue weighted by Gasteiger charge is 2.31. The van der Waals surface area contributed by atoms with Crippen LogP contribution in [0, 0.1) is 6.92 Å². The quantitative estimate of drug-likeness (QED) is 0.643. The Morgan fingerprint density at radius 2 is 1.96 bits per heavy atom. The number of alkyl halides is 3. The van der Waals surface area contributed by atoms with Gasteiger partial charge >= 0.3 is 6.18 Å². The van der Waals surface area contributed by atoms with Gasteiger partial charge in [0, 0.05) is 6.54 Å². The van der Waals surface area contributed by atoms with Gasteiger partial charge < -0.3 is 4.74 Å². The number of rotatable bonds is 2. The zero-order valence-electron chi connectivity index (χ0n) is 15.3. The summed E-state index contributed by atoms with van der Waals surface area (Å²) in [5.41, 5.74) is 1.63. The number of methoxy groups -OCH3 is 1. The Kier molecular flexibility index (Phi) is 4.25. The second-order valence-electron chi connectivity index (χ2n) is 6.77. The zero-order chi connectivity index (χ0) is 20.1. The summed E-state index contributed by atoms with van der Waals surface area (Å²) in [6.07, 6.45) is -1.97. The molecule has 1 aliphatic heterocycles. The molecule has 2 heterocycles. The van der Waals surface area contributed by atoms with Crippen LogP contribution in [0.3, 0.4) is 0 Å². The Labute approximate surface area is 158 Å². The van der Waals surface area contributed by atoms with Crippen LogP contribution in [0.15, 0.2) is 41.2 Å². The van der Waals surface area contributed by atoms with Gasteiger partial charge in [-0.05, 0) is 66.5 Å². The topological polar surface area (TPSA) is 44.1 Å².